The van der Waals surface area contributed by atoms with Gasteiger partial charge in [-0.3, -0.25) is 0 Å². The molecule has 0 aliphatic rings. The molecule has 0 spiro atoms. The third kappa shape index (κ3) is 4.79. The Balaban J connectivity index is 3.51. The smallest absolute Gasteiger partial charge is 0.0352 e. The van der Waals surface area contributed by atoms with Crippen LogP contribution in [0.3, 0.4) is 0 Å². The Kier molecular flexibility index (Phi) is 6.51. The maximum Gasteiger partial charge on any atom is -0.0352 e. The molecule has 0 aliphatic carbocycles. The van der Waals surface area contributed by atoms with Crippen LogP contribution in [0.4, 0.5) is 0 Å². The van der Waals surface area contributed by atoms with Gasteiger partial charge in [0.2, 0.25) is 0 Å². The van der Waals surface area contributed by atoms with E-state index in [4.69, 9.17) is 0 Å². The molecule has 12 heavy (non-hydrogen) atoms. The summed E-state index contributed by atoms with van der Waals surface area (Å²) in [5.74, 6) is 2.53. The monoisotopic (exact) mass is 169 g/mol. The van der Waals surface area contributed by atoms with E-state index in [0.29, 0.717) is 0 Å². The predicted molar refractivity (Wildman–Crippen MR) is 57.0 cm³/mol. The molecule has 0 saturated carbocycles. The normalized spacial score (nSPS) is 14.2. The third-order valence-corrected chi connectivity index (χ3v) is 3.03. The zero-order chi connectivity index (χ0) is 9.56. The molecule has 0 amide bonds. The quantitative estimate of drug-likeness (QED) is 0.556. The summed E-state index contributed by atoms with van der Waals surface area (Å²) >= 11 is 0. The summed E-state index contributed by atoms with van der Waals surface area (Å²) in [6.07, 6.45) is 6.43. The molecule has 0 fully saturated rings. The van der Waals surface area contributed by atoms with Crippen LogP contribution in [-0.2, 0) is 0 Å². The van der Waals surface area contributed by atoms with Gasteiger partial charge in [-0.05, 0) is 30.6 Å². The molecule has 73 valence electrons. The predicted octanol–water partition coefficient (Wildman–Crippen LogP) is 4.31. The lowest BCUT2D eigenvalue weighted by Gasteiger charge is -2.18. The summed E-state index contributed by atoms with van der Waals surface area (Å²) in [6, 6.07) is 0. The highest BCUT2D eigenvalue weighted by Crippen LogP contribution is 2.21. The first-order valence-corrected chi connectivity index (χ1v) is 5.45. The van der Waals surface area contributed by atoms with Gasteiger partial charge in [0, 0.05) is 0 Å². The number of hydrogen-bond donors (Lipinski definition) is 0. The van der Waals surface area contributed by atoms with Crippen molar-refractivity contribution in [2.45, 2.75) is 53.9 Å². The summed E-state index contributed by atoms with van der Waals surface area (Å²) in [5.41, 5.74) is 0. The first-order chi connectivity index (χ1) is 5.61. The Labute approximate surface area is 78.8 Å². The Bertz CT molecular complexity index is 88.2. The van der Waals surface area contributed by atoms with E-state index in [2.05, 4.69) is 41.0 Å². The second-order valence-electron chi connectivity index (χ2n) is 4.27. The molecule has 0 heteroatoms. The first-order valence-electron chi connectivity index (χ1n) is 5.45. The fourth-order valence-electron chi connectivity index (χ4n) is 1.30. The Morgan fingerprint density at radius 3 is 1.83 bits per heavy atom. The molecule has 0 N–H and O–H groups in total. The molecule has 0 aromatic heterocycles. The standard InChI is InChI=1S/C12H25/c1-6-12(7-2)9-8-11(5)10(3)4/h9-12H,6-8H2,1-5H3. The molecule has 0 saturated heterocycles. The van der Waals surface area contributed by atoms with E-state index in [9.17, 15) is 0 Å². The molecule has 0 aromatic rings. The zero-order valence-electron chi connectivity index (χ0n) is 9.43. The topological polar surface area (TPSA) is 0 Å². The Hall–Kier alpha value is 0. The first kappa shape index (κ1) is 12.0. The van der Waals surface area contributed by atoms with Crippen molar-refractivity contribution >= 4 is 0 Å². The van der Waals surface area contributed by atoms with Crippen LogP contribution in [0.25, 0.3) is 0 Å². The van der Waals surface area contributed by atoms with Gasteiger partial charge in [-0.1, -0.05) is 47.5 Å². The van der Waals surface area contributed by atoms with Crippen LogP contribution in [0.15, 0.2) is 0 Å². The van der Waals surface area contributed by atoms with E-state index in [1.165, 1.54) is 19.3 Å². The van der Waals surface area contributed by atoms with Crippen molar-refractivity contribution in [3.8, 4) is 0 Å². The molecular formula is C12H25. The lowest BCUT2D eigenvalue weighted by molar-refractivity contribution is 0.389. The molecule has 1 radical (unpaired) electrons. The second kappa shape index (κ2) is 6.51. The van der Waals surface area contributed by atoms with E-state index in [1.807, 2.05) is 0 Å². The van der Waals surface area contributed by atoms with Gasteiger partial charge in [0.1, 0.15) is 0 Å². The molecule has 0 heterocycles. The lowest BCUT2D eigenvalue weighted by Crippen LogP contribution is -2.07. The highest BCUT2D eigenvalue weighted by molar-refractivity contribution is 4.77. The fourth-order valence-corrected chi connectivity index (χ4v) is 1.30. The van der Waals surface area contributed by atoms with Crippen molar-refractivity contribution in [3.63, 3.8) is 0 Å². The van der Waals surface area contributed by atoms with Crippen LogP contribution in [0.1, 0.15) is 53.9 Å². The van der Waals surface area contributed by atoms with Crippen molar-refractivity contribution in [3.05, 3.63) is 6.42 Å². The van der Waals surface area contributed by atoms with Crippen LogP contribution < -0.4 is 0 Å². The second-order valence-corrected chi connectivity index (χ2v) is 4.27. The highest BCUT2D eigenvalue weighted by atomic mass is 14.2. The molecular weight excluding hydrogens is 144 g/mol. The van der Waals surface area contributed by atoms with Gasteiger partial charge in [-0.25, -0.2) is 0 Å². The van der Waals surface area contributed by atoms with Gasteiger partial charge < -0.3 is 0 Å². The van der Waals surface area contributed by atoms with Crippen LogP contribution >= 0.6 is 0 Å². The summed E-state index contributed by atoms with van der Waals surface area (Å²) in [6.45, 7) is 11.5. The van der Waals surface area contributed by atoms with E-state index in [-0.39, 0.29) is 0 Å². The molecule has 0 aliphatic heterocycles. The maximum absolute atomic E-state index is 2.52. The van der Waals surface area contributed by atoms with Crippen LogP contribution in [-0.4, -0.2) is 0 Å². The average Bonchev–Trinajstić information content (AvgIpc) is 2.05. The van der Waals surface area contributed by atoms with Crippen molar-refractivity contribution in [2.24, 2.45) is 17.8 Å². The van der Waals surface area contributed by atoms with E-state index in [1.54, 1.807) is 0 Å². The van der Waals surface area contributed by atoms with E-state index >= 15 is 0 Å². The summed E-state index contributed by atoms with van der Waals surface area (Å²) in [7, 11) is 0. The van der Waals surface area contributed by atoms with Gasteiger partial charge in [0.05, 0.1) is 0 Å². The lowest BCUT2D eigenvalue weighted by atomic mass is 9.88. The molecule has 0 aromatic carbocycles. The summed E-state index contributed by atoms with van der Waals surface area (Å²) in [4.78, 5) is 0. The van der Waals surface area contributed by atoms with Crippen LogP contribution in [0, 0.1) is 24.2 Å². The average molecular weight is 169 g/mol. The molecule has 1 unspecified atom stereocenters. The van der Waals surface area contributed by atoms with E-state index < -0.39 is 0 Å². The minimum absolute atomic E-state index is 0.829. The van der Waals surface area contributed by atoms with E-state index in [0.717, 1.165) is 17.8 Å². The minimum Gasteiger partial charge on any atom is -0.0651 e. The number of hydrogen-bond acceptors (Lipinski definition) is 0. The SMILES string of the molecule is CCC([CH]CC(C)C(C)C)CC. The third-order valence-electron chi connectivity index (χ3n) is 3.03. The van der Waals surface area contributed by atoms with Crippen LogP contribution in [0.2, 0.25) is 0 Å². The molecule has 1 atom stereocenters. The summed E-state index contributed by atoms with van der Waals surface area (Å²) in [5, 5.41) is 0. The zero-order valence-corrected chi connectivity index (χ0v) is 9.43. The highest BCUT2D eigenvalue weighted by Gasteiger charge is 2.10. The molecule has 0 bridgehead atoms. The van der Waals surface area contributed by atoms with Crippen molar-refractivity contribution in [2.75, 3.05) is 0 Å². The van der Waals surface area contributed by atoms with Gasteiger partial charge in [0.25, 0.3) is 0 Å². The van der Waals surface area contributed by atoms with Crippen molar-refractivity contribution in [1.29, 1.82) is 0 Å². The van der Waals surface area contributed by atoms with Gasteiger partial charge in [0.15, 0.2) is 0 Å². The van der Waals surface area contributed by atoms with Gasteiger partial charge in [-0.2, -0.15) is 0 Å². The van der Waals surface area contributed by atoms with Gasteiger partial charge in [-0.15, -0.1) is 0 Å². The Morgan fingerprint density at radius 1 is 1.00 bits per heavy atom. The Morgan fingerprint density at radius 2 is 1.50 bits per heavy atom. The van der Waals surface area contributed by atoms with Crippen molar-refractivity contribution in [1.82, 2.24) is 0 Å². The van der Waals surface area contributed by atoms with Gasteiger partial charge >= 0.3 is 0 Å². The maximum atomic E-state index is 2.52. The fraction of sp³-hybridized carbons (Fsp3) is 0.917. The minimum atomic E-state index is 0.829. The summed E-state index contributed by atoms with van der Waals surface area (Å²) < 4.78 is 0. The van der Waals surface area contributed by atoms with Crippen LogP contribution in [0.5, 0.6) is 0 Å². The molecule has 0 nitrogen and oxygen atoms in total. The molecule has 0 rings (SSSR count). The largest absolute Gasteiger partial charge is 0.0651 e. The number of rotatable bonds is 6. The van der Waals surface area contributed by atoms with Crippen molar-refractivity contribution < 1.29 is 0 Å².